The minimum atomic E-state index is 0.477. The Kier molecular flexibility index (Phi) is 3.84. The molecule has 1 aromatic heterocycles. The molecule has 0 spiro atoms. The Bertz CT molecular complexity index is 469. The van der Waals surface area contributed by atoms with Crippen molar-refractivity contribution in [2.45, 2.75) is 32.9 Å². The maximum Gasteiger partial charge on any atom is 0.0644 e. The molecule has 3 heterocycles. The van der Waals surface area contributed by atoms with Gasteiger partial charge in [-0.1, -0.05) is 0 Å². The Balaban J connectivity index is 1.65. The van der Waals surface area contributed by atoms with Crippen LogP contribution in [0.15, 0.2) is 0 Å². The molecule has 3 rings (SSSR count). The normalized spacial score (nSPS) is 23.8. The zero-order valence-electron chi connectivity index (χ0n) is 13.2. The maximum absolute atomic E-state index is 4.56. The second-order valence-electron chi connectivity index (χ2n) is 6.27. The largest absolute Gasteiger partial charge is 0.314 e. The van der Waals surface area contributed by atoms with Gasteiger partial charge < -0.3 is 5.32 Å². The molecule has 2 fully saturated rings. The predicted octanol–water partition coefficient (Wildman–Crippen LogP) is 0.687. The summed E-state index contributed by atoms with van der Waals surface area (Å²) in [5, 5.41) is 7.93. The lowest BCUT2D eigenvalue weighted by Gasteiger charge is -2.44. The third kappa shape index (κ3) is 2.38. The Morgan fingerprint density at radius 1 is 1.15 bits per heavy atom. The Labute approximate surface area is 121 Å². The molecule has 5 nitrogen and oxygen atoms in total. The second kappa shape index (κ2) is 5.47. The Hall–Kier alpha value is -0.910. The van der Waals surface area contributed by atoms with Gasteiger partial charge in [0.2, 0.25) is 0 Å². The van der Waals surface area contributed by atoms with Crippen molar-refractivity contribution in [1.29, 1.82) is 0 Å². The standard InChI is InChI=1S/C15H27N5/c1-11-15(12(2)18(4)17-11)13(3)19-5-7-20(8-6-19)14-9-16-10-14/h13-14,16H,5-10H2,1-4H3. The molecule has 0 amide bonds. The van der Waals surface area contributed by atoms with Gasteiger partial charge in [-0.15, -0.1) is 0 Å². The highest BCUT2D eigenvalue weighted by atomic mass is 15.3. The summed E-state index contributed by atoms with van der Waals surface area (Å²) in [6.07, 6.45) is 0. The van der Waals surface area contributed by atoms with Crippen molar-refractivity contribution in [3.63, 3.8) is 0 Å². The molecule has 5 heteroatoms. The summed E-state index contributed by atoms with van der Waals surface area (Å²) in [5.41, 5.74) is 3.91. The van der Waals surface area contributed by atoms with Gasteiger partial charge in [-0.05, 0) is 20.8 Å². The predicted molar refractivity (Wildman–Crippen MR) is 80.9 cm³/mol. The van der Waals surface area contributed by atoms with Gasteiger partial charge in [-0.25, -0.2) is 0 Å². The molecule has 0 aliphatic carbocycles. The van der Waals surface area contributed by atoms with Gasteiger partial charge in [-0.3, -0.25) is 14.5 Å². The molecule has 2 saturated heterocycles. The van der Waals surface area contributed by atoms with E-state index in [1.54, 1.807) is 0 Å². The molecule has 1 unspecified atom stereocenters. The fourth-order valence-electron chi connectivity index (χ4n) is 3.60. The van der Waals surface area contributed by atoms with Gasteiger partial charge in [0.1, 0.15) is 0 Å². The van der Waals surface area contributed by atoms with Crippen molar-refractivity contribution in [3.8, 4) is 0 Å². The molecular formula is C15H27N5. The smallest absolute Gasteiger partial charge is 0.0644 e. The van der Waals surface area contributed by atoms with Crippen molar-refractivity contribution in [1.82, 2.24) is 24.9 Å². The van der Waals surface area contributed by atoms with E-state index in [9.17, 15) is 0 Å². The van der Waals surface area contributed by atoms with Crippen LogP contribution in [0.4, 0.5) is 0 Å². The highest BCUT2D eigenvalue weighted by Crippen LogP contribution is 2.27. The minimum Gasteiger partial charge on any atom is -0.314 e. The van der Waals surface area contributed by atoms with Crippen molar-refractivity contribution in [3.05, 3.63) is 17.0 Å². The first-order valence-corrected chi connectivity index (χ1v) is 7.77. The summed E-state index contributed by atoms with van der Waals surface area (Å²) in [6, 6.07) is 1.26. The molecule has 2 aliphatic rings. The van der Waals surface area contributed by atoms with Gasteiger partial charge in [0.25, 0.3) is 0 Å². The van der Waals surface area contributed by atoms with E-state index in [4.69, 9.17) is 0 Å². The third-order valence-electron chi connectivity index (χ3n) is 5.16. The summed E-state index contributed by atoms with van der Waals surface area (Å²) in [6.45, 7) is 13.8. The number of rotatable bonds is 3. The minimum absolute atomic E-state index is 0.477. The second-order valence-corrected chi connectivity index (χ2v) is 6.27. The van der Waals surface area contributed by atoms with Crippen LogP contribution in [0.3, 0.4) is 0 Å². The molecule has 0 radical (unpaired) electrons. The van der Waals surface area contributed by atoms with Crippen molar-refractivity contribution >= 4 is 0 Å². The van der Waals surface area contributed by atoms with Gasteiger partial charge in [0.05, 0.1) is 5.69 Å². The van der Waals surface area contributed by atoms with E-state index in [1.165, 1.54) is 56.2 Å². The molecule has 0 saturated carbocycles. The number of aryl methyl sites for hydroxylation is 2. The van der Waals surface area contributed by atoms with Crippen molar-refractivity contribution in [2.24, 2.45) is 7.05 Å². The molecule has 0 aromatic carbocycles. The van der Waals surface area contributed by atoms with E-state index in [2.05, 4.69) is 41.0 Å². The SMILES string of the molecule is Cc1nn(C)c(C)c1C(C)N1CCN(C2CNC2)CC1. The average Bonchev–Trinajstić information content (AvgIpc) is 2.61. The summed E-state index contributed by atoms with van der Waals surface area (Å²) >= 11 is 0. The monoisotopic (exact) mass is 277 g/mol. The summed E-state index contributed by atoms with van der Waals surface area (Å²) in [5.74, 6) is 0. The highest BCUT2D eigenvalue weighted by molar-refractivity contribution is 5.27. The zero-order valence-corrected chi connectivity index (χ0v) is 13.2. The highest BCUT2D eigenvalue weighted by Gasteiger charge is 2.30. The Morgan fingerprint density at radius 2 is 1.80 bits per heavy atom. The van der Waals surface area contributed by atoms with E-state index in [0.29, 0.717) is 6.04 Å². The van der Waals surface area contributed by atoms with Gasteiger partial charge in [-0.2, -0.15) is 5.10 Å². The number of nitrogens with zero attached hydrogens (tertiary/aromatic N) is 4. The fourth-order valence-corrected chi connectivity index (χ4v) is 3.60. The average molecular weight is 277 g/mol. The van der Waals surface area contributed by atoms with Crippen molar-refractivity contribution in [2.75, 3.05) is 39.3 Å². The number of nitrogens with one attached hydrogen (secondary N) is 1. The fraction of sp³-hybridized carbons (Fsp3) is 0.800. The van der Waals surface area contributed by atoms with Crippen LogP contribution in [0.5, 0.6) is 0 Å². The lowest BCUT2D eigenvalue weighted by Crippen LogP contribution is -2.61. The quantitative estimate of drug-likeness (QED) is 0.882. The van der Waals surface area contributed by atoms with E-state index in [-0.39, 0.29) is 0 Å². The van der Waals surface area contributed by atoms with Crippen LogP contribution in [0.2, 0.25) is 0 Å². The Morgan fingerprint density at radius 3 is 2.25 bits per heavy atom. The van der Waals surface area contributed by atoms with Gasteiger partial charge >= 0.3 is 0 Å². The first-order chi connectivity index (χ1) is 9.58. The molecular weight excluding hydrogens is 250 g/mol. The molecule has 1 N–H and O–H groups in total. The number of hydrogen-bond acceptors (Lipinski definition) is 4. The molecule has 2 aliphatic heterocycles. The van der Waals surface area contributed by atoms with Crippen LogP contribution in [0, 0.1) is 13.8 Å². The molecule has 1 aromatic rings. The van der Waals surface area contributed by atoms with Gasteiger partial charge in [0.15, 0.2) is 0 Å². The van der Waals surface area contributed by atoms with Crippen LogP contribution >= 0.6 is 0 Å². The van der Waals surface area contributed by atoms with Gasteiger partial charge in [0, 0.05) is 69.7 Å². The number of hydrogen-bond donors (Lipinski definition) is 1. The van der Waals surface area contributed by atoms with E-state index < -0.39 is 0 Å². The van der Waals surface area contributed by atoms with E-state index >= 15 is 0 Å². The van der Waals surface area contributed by atoms with Crippen LogP contribution in [0.1, 0.15) is 29.9 Å². The van der Waals surface area contributed by atoms with E-state index in [1.807, 2.05) is 11.7 Å². The third-order valence-corrected chi connectivity index (χ3v) is 5.16. The van der Waals surface area contributed by atoms with Crippen LogP contribution < -0.4 is 5.32 Å². The number of piperazine rings is 1. The van der Waals surface area contributed by atoms with Crippen LogP contribution in [-0.4, -0.2) is 64.9 Å². The zero-order chi connectivity index (χ0) is 14.3. The summed E-state index contributed by atoms with van der Waals surface area (Å²) < 4.78 is 2.01. The molecule has 112 valence electrons. The lowest BCUT2D eigenvalue weighted by atomic mass is 10.0. The summed E-state index contributed by atoms with van der Waals surface area (Å²) in [7, 11) is 2.04. The van der Waals surface area contributed by atoms with Crippen LogP contribution in [-0.2, 0) is 7.05 Å². The van der Waals surface area contributed by atoms with E-state index in [0.717, 1.165) is 6.04 Å². The topological polar surface area (TPSA) is 36.3 Å². The first kappa shape index (κ1) is 14.0. The number of aromatic nitrogens is 2. The lowest BCUT2D eigenvalue weighted by molar-refractivity contribution is 0.0549. The summed E-state index contributed by atoms with van der Waals surface area (Å²) in [4.78, 5) is 5.25. The maximum atomic E-state index is 4.56. The van der Waals surface area contributed by atoms with Crippen LogP contribution in [0.25, 0.3) is 0 Å². The molecule has 0 bridgehead atoms. The molecule has 1 atom stereocenters. The molecule has 20 heavy (non-hydrogen) atoms. The van der Waals surface area contributed by atoms with Crippen molar-refractivity contribution < 1.29 is 0 Å². The first-order valence-electron chi connectivity index (χ1n) is 7.77.